The zero-order chi connectivity index (χ0) is 15.6. The number of carboxylic acids is 1. The number of benzene rings is 1. The maximum absolute atomic E-state index is 10.9. The molecule has 0 spiro atoms. The third-order valence-corrected chi connectivity index (χ3v) is 2.96. The molecule has 1 aromatic heterocycles. The molecule has 0 amide bonds. The lowest BCUT2D eigenvalue weighted by Crippen LogP contribution is -1.99. The van der Waals surface area contributed by atoms with Gasteiger partial charge in [0.25, 0.3) is 5.69 Å². The number of carboxylic acid groups (broad SMARTS) is 1. The molecule has 0 unspecified atom stereocenters. The Morgan fingerprint density at radius 3 is 2.67 bits per heavy atom. The Balaban J connectivity index is 2.38. The predicted molar refractivity (Wildman–Crippen MR) is 77.1 cm³/mol. The number of hydrogen-bond acceptors (Lipinski definition) is 5. The number of pyridine rings is 1. The maximum atomic E-state index is 10.9. The molecule has 0 radical (unpaired) electrons. The van der Waals surface area contributed by atoms with E-state index >= 15 is 0 Å². The second-order valence-electron chi connectivity index (χ2n) is 3.83. The lowest BCUT2D eigenvalue weighted by Gasteiger charge is -2.06. The summed E-state index contributed by atoms with van der Waals surface area (Å²) >= 11 is 8.82. The van der Waals surface area contributed by atoms with E-state index in [2.05, 4.69) is 20.9 Å². The summed E-state index contributed by atoms with van der Waals surface area (Å²) < 4.78 is 5.77. The second-order valence-corrected chi connectivity index (χ2v) is 5.13. The fourth-order valence-electron chi connectivity index (χ4n) is 1.48. The van der Waals surface area contributed by atoms with Crippen molar-refractivity contribution in [1.82, 2.24) is 4.98 Å². The molecule has 0 aliphatic rings. The molecule has 0 saturated heterocycles. The highest BCUT2D eigenvalue weighted by Crippen LogP contribution is 2.30. The summed E-state index contributed by atoms with van der Waals surface area (Å²) in [5, 5.41) is 19.6. The molecule has 1 N–H and O–H groups in total. The Kier molecular flexibility index (Phi) is 4.39. The smallest absolute Gasteiger partial charge is 0.335 e. The van der Waals surface area contributed by atoms with Gasteiger partial charge >= 0.3 is 5.97 Å². The van der Waals surface area contributed by atoms with Gasteiger partial charge < -0.3 is 9.84 Å². The summed E-state index contributed by atoms with van der Waals surface area (Å²) in [6, 6.07) is 6.31. The van der Waals surface area contributed by atoms with Crippen molar-refractivity contribution in [2.24, 2.45) is 0 Å². The number of nitro groups is 1. The molecule has 0 aliphatic carbocycles. The number of halogens is 2. The molecule has 0 saturated carbocycles. The van der Waals surface area contributed by atoms with E-state index in [1.165, 1.54) is 30.3 Å². The summed E-state index contributed by atoms with van der Waals surface area (Å²) in [6.07, 6.45) is 0. The molecule has 21 heavy (non-hydrogen) atoms. The normalized spacial score (nSPS) is 10.2. The molecule has 2 rings (SSSR count). The zero-order valence-corrected chi connectivity index (χ0v) is 12.5. The van der Waals surface area contributed by atoms with Crippen molar-refractivity contribution in [2.75, 3.05) is 0 Å². The molecule has 108 valence electrons. The van der Waals surface area contributed by atoms with Crippen LogP contribution < -0.4 is 4.74 Å². The molecule has 1 aromatic carbocycles. The number of nitro benzene ring substituents is 1. The molecule has 1 heterocycles. The van der Waals surface area contributed by atoms with Gasteiger partial charge in [-0.2, -0.15) is 0 Å². The summed E-state index contributed by atoms with van der Waals surface area (Å²) in [6.45, 7) is 0. The summed E-state index contributed by atoms with van der Waals surface area (Å²) in [7, 11) is 0. The molecule has 7 nitrogen and oxygen atoms in total. The van der Waals surface area contributed by atoms with Gasteiger partial charge in [0.15, 0.2) is 0 Å². The molecule has 0 atom stereocenters. The molecular formula is C12H6BrClN2O5. The van der Waals surface area contributed by atoms with Crippen LogP contribution in [0.25, 0.3) is 0 Å². The molecule has 0 aliphatic heterocycles. The van der Waals surface area contributed by atoms with E-state index in [1.807, 2.05) is 0 Å². The average molecular weight is 374 g/mol. The fourth-order valence-corrected chi connectivity index (χ4v) is 2.14. The topological polar surface area (TPSA) is 103 Å². The van der Waals surface area contributed by atoms with Crippen molar-refractivity contribution in [1.29, 1.82) is 0 Å². The Hall–Kier alpha value is -2.19. The van der Waals surface area contributed by atoms with Crippen molar-refractivity contribution in [3.8, 4) is 11.6 Å². The maximum Gasteiger partial charge on any atom is 0.335 e. The predicted octanol–water partition coefficient (Wildman–Crippen LogP) is 3.90. The van der Waals surface area contributed by atoms with Crippen molar-refractivity contribution >= 4 is 39.2 Å². The van der Waals surface area contributed by atoms with E-state index in [4.69, 9.17) is 21.4 Å². The standard InChI is InChI=1S/C12H6BrClN2O5/c13-7-3-8(16(19)20)5-9(4-7)21-11-2-6(12(17)18)1-10(14)15-11/h1-5H,(H,17,18). The Labute approximate surface area is 131 Å². The number of aromatic nitrogens is 1. The van der Waals surface area contributed by atoms with Crippen LogP contribution in [0.2, 0.25) is 5.15 Å². The van der Waals surface area contributed by atoms with Crippen LogP contribution in [0.15, 0.2) is 34.8 Å². The lowest BCUT2D eigenvalue weighted by molar-refractivity contribution is -0.385. The van der Waals surface area contributed by atoms with Crippen LogP contribution in [0.3, 0.4) is 0 Å². The minimum atomic E-state index is -1.19. The number of hydrogen-bond donors (Lipinski definition) is 1. The lowest BCUT2D eigenvalue weighted by atomic mass is 10.2. The van der Waals surface area contributed by atoms with Crippen molar-refractivity contribution in [2.45, 2.75) is 0 Å². The molecule has 9 heteroatoms. The van der Waals surface area contributed by atoms with Crippen LogP contribution in [-0.2, 0) is 0 Å². The Morgan fingerprint density at radius 1 is 1.33 bits per heavy atom. The molecule has 0 fully saturated rings. The highest BCUT2D eigenvalue weighted by Gasteiger charge is 2.13. The minimum Gasteiger partial charge on any atom is -0.478 e. The Bertz CT molecular complexity index is 676. The van der Waals surface area contributed by atoms with Crippen molar-refractivity contribution in [3.05, 3.63) is 55.6 Å². The van der Waals surface area contributed by atoms with E-state index in [1.54, 1.807) is 0 Å². The highest BCUT2D eigenvalue weighted by molar-refractivity contribution is 9.10. The van der Waals surface area contributed by atoms with Crippen LogP contribution in [0.1, 0.15) is 10.4 Å². The third-order valence-electron chi connectivity index (χ3n) is 2.31. The van der Waals surface area contributed by atoms with Gasteiger partial charge in [0.05, 0.1) is 16.6 Å². The van der Waals surface area contributed by atoms with Gasteiger partial charge in [-0.1, -0.05) is 27.5 Å². The zero-order valence-electron chi connectivity index (χ0n) is 10.1. The van der Waals surface area contributed by atoms with Gasteiger partial charge in [0.1, 0.15) is 10.9 Å². The SMILES string of the molecule is O=C(O)c1cc(Cl)nc(Oc2cc(Br)cc([N+](=O)[O-])c2)c1. The van der Waals surface area contributed by atoms with Crippen LogP contribution >= 0.6 is 27.5 Å². The fraction of sp³-hybridized carbons (Fsp3) is 0. The number of ether oxygens (including phenoxy) is 1. The van der Waals surface area contributed by atoms with Crippen molar-refractivity contribution < 1.29 is 19.6 Å². The number of aromatic carboxylic acids is 1. The second kappa shape index (κ2) is 6.06. The molecule has 2 aromatic rings. The van der Waals surface area contributed by atoms with Crippen molar-refractivity contribution in [3.63, 3.8) is 0 Å². The monoisotopic (exact) mass is 372 g/mol. The van der Waals surface area contributed by atoms with E-state index in [9.17, 15) is 14.9 Å². The molecule has 0 bridgehead atoms. The quantitative estimate of drug-likeness (QED) is 0.495. The highest BCUT2D eigenvalue weighted by atomic mass is 79.9. The van der Waals surface area contributed by atoms with E-state index in [0.717, 1.165) is 0 Å². The van der Waals surface area contributed by atoms with Crippen LogP contribution in [0, 0.1) is 10.1 Å². The number of rotatable bonds is 4. The van der Waals surface area contributed by atoms with Crippen LogP contribution in [0.4, 0.5) is 5.69 Å². The van der Waals surface area contributed by atoms with Crippen LogP contribution in [0.5, 0.6) is 11.6 Å². The van der Waals surface area contributed by atoms with Crippen LogP contribution in [-0.4, -0.2) is 21.0 Å². The van der Waals surface area contributed by atoms with Gasteiger partial charge in [-0.3, -0.25) is 10.1 Å². The van der Waals surface area contributed by atoms with E-state index in [-0.39, 0.29) is 28.0 Å². The first-order chi connectivity index (χ1) is 9.85. The number of non-ortho nitro benzene ring substituents is 1. The molecular weight excluding hydrogens is 367 g/mol. The summed E-state index contributed by atoms with van der Waals surface area (Å²) in [4.78, 5) is 24.9. The van der Waals surface area contributed by atoms with E-state index < -0.39 is 10.9 Å². The van der Waals surface area contributed by atoms with Gasteiger partial charge in [-0.05, 0) is 12.1 Å². The summed E-state index contributed by atoms with van der Waals surface area (Å²) in [5.74, 6) is -1.14. The Morgan fingerprint density at radius 2 is 2.05 bits per heavy atom. The minimum absolute atomic E-state index is 0.0607. The van der Waals surface area contributed by atoms with Gasteiger partial charge in [-0.15, -0.1) is 0 Å². The van der Waals surface area contributed by atoms with Gasteiger partial charge in [-0.25, -0.2) is 9.78 Å². The van der Waals surface area contributed by atoms with E-state index in [0.29, 0.717) is 4.47 Å². The first-order valence-corrected chi connectivity index (χ1v) is 6.56. The largest absolute Gasteiger partial charge is 0.478 e. The number of nitrogens with zero attached hydrogens (tertiary/aromatic N) is 2. The number of carbonyl (C=O) groups is 1. The first-order valence-electron chi connectivity index (χ1n) is 5.39. The summed E-state index contributed by atoms with van der Waals surface area (Å²) in [5.41, 5.74) is -0.283. The van der Waals surface area contributed by atoms with Gasteiger partial charge in [0.2, 0.25) is 5.88 Å². The van der Waals surface area contributed by atoms with Gasteiger partial charge in [0, 0.05) is 16.6 Å². The average Bonchev–Trinajstić information content (AvgIpc) is 2.37. The third kappa shape index (κ3) is 3.89. The first kappa shape index (κ1) is 15.2.